The van der Waals surface area contributed by atoms with E-state index >= 15 is 0 Å². The summed E-state index contributed by atoms with van der Waals surface area (Å²) in [5.41, 5.74) is 6.11. The zero-order valence-electron chi connectivity index (χ0n) is 28.6. The molecule has 2 saturated carbocycles. The van der Waals surface area contributed by atoms with Gasteiger partial charge in [-0.3, -0.25) is 14.4 Å². The number of piperazine rings is 1. The van der Waals surface area contributed by atoms with Crippen molar-refractivity contribution in [1.29, 1.82) is 0 Å². The summed E-state index contributed by atoms with van der Waals surface area (Å²) in [7, 11) is 2.19. The van der Waals surface area contributed by atoms with E-state index in [4.69, 9.17) is 4.74 Å². The Bertz CT molecular complexity index is 1360. The van der Waals surface area contributed by atoms with E-state index in [0.717, 1.165) is 50.9 Å². The Hall–Kier alpha value is -2.77. The fraction of sp³-hybridized carbons (Fsp3) is 0.667. The maximum atomic E-state index is 13.0. The number of rotatable bonds is 11. The van der Waals surface area contributed by atoms with Gasteiger partial charge in [0.15, 0.2) is 5.78 Å². The van der Waals surface area contributed by atoms with Crippen molar-refractivity contribution in [2.45, 2.75) is 97.0 Å². The Morgan fingerprint density at radius 3 is 2.48 bits per heavy atom. The van der Waals surface area contributed by atoms with Crippen molar-refractivity contribution in [3.05, 3.63) is 52.6 Å². The molecule has 1 aliphatic heterocycles. The first-order valence-electron chi connectivity index (χ1n) is 18.0. The van der Waals surface area contributed by atoms with Crippen molar-refractivity contribution in [3.8, 4) is 0 Å². The number of hydrogen-bond acceptors (Lipinski definition) is 7. The SMILES string of the molecule is CC(=O)OC1CC2=CC(=O)CCC2=C2[C@@H](c3ccc(N(C)CCCCCCN4CCNCC4)cc3)C[C@]3(C)[C@H](C(C)=O)CC[C@H]3[C@@H]21. The highest BCUT2D eigenvalue weighted by Crippen LogP contribution is 2.66. The maximum absolute atomic E-state index is 13.0. The van der Waals surface area contributed by atoms with E-state index in [2.05, 4.69) is 53.4 Å². The van der Waals surface area contributed by atoms with E-state index < -0.39 is 0 Å². The van der Waals surface area contributed by atoms with Gasteiger partial charge in [-0.25, -0.2) is 0 Å². The Kier molecular flexibility index (Phi) is 10.2. The quantitative estimate of drug-likeness (QED) is 0.230. The number of carbonyl (C=O) groups is 3. The fourth-order valence-corrected chi connectivity index (χ4v) is 9.99. The van der Waals surface area contributed by atoms with Gasteiger partial charge in [0, 0.05) is 83.0 Å². The van der Waals surface area contributed by atoms with E-state index in [1.807, 2.05) is 6.08 Å². The molecule has 1 aromatic carbocycles. The largest absolute Gasteiger partial charge is 0.462 e. The Balaban J connectivity index is 1.21. The van der Waals surface area contributed by atoms with Gasteiger partial charge in [-0.1, -0.05) is 37.5 Å². The second-order valence-electron chi connectivity index (χ2n) is 15.1. The lowest BCUT2D eigenvalue weighted by Crippen LogP contribution is -2.50. The standard InChI is InChI=1S/C39H55N3O4/c1-26(43)34-15-16-35-38-36(46-27(2)44)24-29-23-31(45)13-14-32(29)37(38)33(25-39(34,35)3)28-9-11-30(12-10-28)41(4)19-7-5-6-8-20-42-21-17-40-18-22-42/h9-12,23,33-36,38,40H,5-8,13-22,24-25H2,1-4H3/t33-,34+,35+,36?,38-,39-/m1/s1. The summed E-state index contributed by atoms with van der Waals surface area (Å²) in [5.74, 6) is 0.692. The molecule has 4 aliphatic carbocycles. The average molecular weight is 630 g/mol. The van der Waals surface area contributed by atoms with Gasteiger partial charge >= 0.3 is 5.97 Å². The number of fused-ring (bicyclic) bond motifs is 4. The normalized spacial score (nSPS) is 31.1. The molecule has 3 fully saturated rings. The average Bonchev–Trinajstić information content (AvgIpc) is 3.39. The van der Waals surface area contributed by atoms with Crippen LogP contribution in [0.3, 0.4) is 0 Å². The highest BCUT2D eigenvalue weighted by atomic mass is 16.5. The van der Waals surface area contributed by atoms with Crippen molar-refractivity contribution in [1.82, 2.24) is 10.2 Å². The van der Waals surface area contributed by atoms with Crippen LogP contribution >= 0.6 is 0 Å². The summed E-state index contributed by atoms with van der Waals surface area (Å²) in [6.45, 7) is 12.5. The lowest BCUT2D eigenvalue weighted by Gasteiger charge is -2.54. The molecule has 1 saturated heterocycles. The van der Waals surface area contributed by atoms with Crippen LogP contribution in [0.2, 0.25) is 0 Å². The van der Waals surface area contributed by atoms with Crippen molar-refractivity contribution < 1.29 is 19.1 Å². The van der Waals surface area contributed by atoms with E-state index in [1.165, 1.54) is 74.6 Å². The van der Waals surface area contributed by atoms with Crippen LogP contribution < -0.4 is 10.2 Å². The van der Waals surface area contributed by atoms with Crippen molar-refractivity contribution in [3.63, 3.8) is 0 Å². The number of anilines is 1. The molecule has 0 radical (unpaired) electrons. The summed E-state index contributed by atoms with van der Waals surface area (Å²) < 4.78 is 6.10. The molecule has 250 valence electrons. The summed E-state index contributed by atoms with van der Waals surface area (Å²) in [4.78, 5) is 42.9. The molecular weight excluding hydrogens is 574 g/mol. The second kappa shape index (κ2) is 14.1. The van der Waals surface area contributed by atoms with Crippen LogP contribution in [0.1, 0.15) is 96.5 Å². The number of carbonyl (C=O) groups excluding carboxylic acids is 3. The fourth-order valence-electron chi connectivity index (χ4n) is 9.99. The maximum Gasteiger partial charge on any atom is 0.302 e. The molecule has 7 nitrogen and oxygen atoms in total. The van der Waals surface area contributed by atoms with Crippen molar-refractivity contribution >= 4 is 23.2 Å². The Morgan fingerprint density at radius 1 is 1.02 bits per heavy atom. The Morgan fingerprint density at radius 2 is 1.76 bits per heavy atom. The molecule has 6 rings (SSSR count). The van der Waals surface area contributed by atoms with Crippen LogP contribution in [0.5, 0.6) is 0 Å². The first kappa shape index (κ1) is 33.1. The molecule has 1 heterocycles. The number of unbranched alkanes of at least 4 members (excludes halogenated alkanes) is 3. The first-order valence-corrected chi connectivity index (χ1v) is 18.0. The van der Waals surface area contributed by atoms with Crippen molar-refractivity contribution in [2.75, 3.05) is 51.2 Å². The number of esters is 1. The number of ether oxygens (including phenoxy) is 1. The highest BCUT2D eigenvalue weighted by molar-refractivity contribution is 5.93. The van der Waals surface area contributed by atoms with Crippen LogP contribution in [0.25, 0.3) is 0 Å². The molecule has 1 N–H and O–H groups in total. The minimum absolute atomic E-state index is 0.0247. The summed E-state index contributed by atoms with van der Waals surface area (Å²) in [6.07, 6.45) is 11.2. The molecule has 46 heavy (non-hydrogen) atoms. The smallest absolute Gasteiger partial charge is 0.302 e. The zero-order valence-corrected chi connectivity index (χ0v) is 28.6. The molecule has 1 aromatic rings. The topological polar surface area (TPSA) is 79.0 Å². The van der Waals surface area contributed by atoms with Crippen LogP contribution in [0.4, 0.5) is 5.69 Å². The van der Waals surface area contributed by atoms with Crippen molar-refractivity contribution in [2.24, 2.45) is 23.2 Å². The molecule has 0 aromatic heterocycles. The monoisotopic (exact) mass is 629 g/mol. The highest BCUT2D eigenvalue weighted by Gasteiger charge is 2.60. The van der Waals surface area contributed by atoms with E-state index in [9.17, 15) is 14.4 Å². The van der Waals surface area contributed by atoms with Gasteiger partial charge in [0.2, 0.25) is 0 Å². The third-order valence-electron chi connectivity index (χ3n) is 12.2. The predicted octanol–water partition coefficient (Wildman–Crippen LogP) is 6.23. The van der Waals surface area contributed by atoms with Gasteiger partial charge in [0.1, 0.15) is 11.9 Å². The summed E-state index contributed by atoms with van der Waals surface area (Å²) in [5, 5.41) is 3.43. The molecular formula is C39H55N3O4. The predicted molar refractivity (Wildman–Crippen MR) is 183 cm³/mol. The lowest BCUT2D eigenvalue weighted by atomic mass is 9.51. The summed E-state index contributed by atoms with van der Waals surface area (Å²) >= 11 is 0. The minimum Gasteiger partial charge on any atom is -0.462 e. The summed E-state index contributed by atoms with van der Waals surface area (Å²) in [6, 6.07) is 9.11. The molecule has 5 aliphatic rings. The van der Waals surface area contributed by atoms with Gasteiger partial charge in [0.25, 0.3) is 0 Å². The van der Waals surface area contributed by atoms with Gasteiger partial charge in [0.05, 0.1) is 0 Å². The molecule has 7 heteroatoms. The first-order chi connectivity index (χ1) is 22.2. The molecule has 0 spiro atoms. The molecule has 0 amide bonds. The molecule has 0 bridgehead atoms. The van der Waals surface area contributed by atoms with Gasteiger partial charge in [-0.05, 0) is 98.2 Å². The third-order valence-corrected chi connectivity index (χ3v) is 12.2. The number of ketones is 2. The number of hydrogen-bond donors (Lipinski definition) is 1. The third kappa shape index (κ3) is 6.78. The number of Topliss-reactive ketones (excluding diaryl/α,β-unsaturated/α-hetero) is 1. The number of nitrogens with zero attached hydrogens (tertiary/aromatic N) is 2. The van der Waals surface area contributed by atoms with Crippen LogP contribution in [0.15, 0.2) is 47.1 Å². The van der Waals surface area contributed by atoms with E-state index in [0.29, 0.717) is 12.8 Å². The van der Waals surface area contributed by atoms with E-state index in [1.54, 1.807) is 6.92 Å². The van der Waals surface area contributed by atoms with E-state index in [-0.39, 0.29) is 52.7 Å². The number of benzene rings is 1. The van der Waals surface area contributed by atoms with Crippen LogP contribution in [0, 0.1) is 23.2 Å². The second-order valence-corrected chi connectivity index (χ2v) is 15.1. The Labute approximate surface area is 276 Å². The van der Waals surface area contributed by atoms with Gasteiger partial charge in [-0.15, -0.1) is 0 Å². The molecule has 1 unspecified atom stereocenters. The molecule has 6 atom stereocenters. The lowest BCUT2D eigenvalue weighted by molar-refractivity contribution is -0.152. The van der Waals surface area contributed by atoms with Gasteiger partial charge in [-0.2, -0.15) is 0 Å². The van der Waals surface area contributed by atoms with Crippen LogP contribution in [-0.2, 0) is 19.1 Å². The number of nitrogens with one attached hydrogen (secondary N) is 1. The zero-order chi connectivity index (χ0) is 32.4. The number of allylic oxidation sites excluding steroid dienone is 2. The van der Waals surface area contributed by atoms with Gasteiger partial charge < -0.3 is 19.9 Å². The minimum atomic E-state index is -0.298. The van der Waals surface area contributed by atoms with Crippen LogP contribution in [-0.4, -0.2) is 74.9 Å².